The predicted octanol–water partition coefficient (Wildman–Crippen LogP) is 4.79. The summed E-state index contributed by atoms with van der Waals surface area (Å²) in [6, 6.07) is 16.5. The Morgan fingerprint density at radius 1 is 1.07 bits per heavy atom. The third-order valence-electron chi connectivity index (χ3n) is 4.74. The minimum absolute atomic E-state index is 0.0252. The van der Waals surface area contributed by atoms with Gasteiger partial charge in [0.15, 0.2) is 5.16 Å². The second kappa shape index (κ2) is 7.94. The average molecular weight is 417 g/mol. The summed E-state index contributed by atoms with van der Waals surface area (Å²) in [5.74, 6) is -0.111. The van der Waals surface area contributed by atoms with Crippen LogP contribution in [0.5, 0.6) is 0 Å². The summed E-state index contributed by atoms with van der Waals surface area (Å²) in [6.45, 7) is -0.564. The third kappa shape index (κ3) is 4.32. The number of fused-ring (bicyclic) bond motifs is 1. The predicted molar refractivity (Wildman–Crippen MR) is 107 cm³/mol. The maximum Gasteiger partial charge on any atom is 0.406 e. The summed E-state index contributed by atoms with van der Waals surface area (Å²) in [6.07, 6.45) is -2.18. The van der Waals surface area contributed by atoms with Crippen molar-refractivity contribution >= 4 is 23.4 Å². The van der Waals surface area contributed by atoms with E-state index in [1.54, 1.807) is 35.2 Å². The summed E-state index contributed by atoms with van der Waals surface area (Å²) in [7, 11) is 0. The van der Waals surface area contributed by atoms with Crippen molar-refractivity contribution in [2.45, 2.75) is 24.3 Å². The summed E-state index contributed by atoms with van der Waals surface area (Å²) >= 11 is 1.03. The Morgan fingerprint density at radius 2 is 1.79 bits per heavy atom. The number of para-hydroxylation sites is 1. The molecule has 1 aliphatic heterocycles. The molecule has 0 aliphatic carbocycles. The van der Waals surface area contributed by atoms with Crippen LogP contribution in [-0.2, 0) is 17.8 Å². The molecule has 1 aliphatic rings. The van der Waals surface area contributed by atoms with E-state index in [2.05, 4.69) is 4.98 Å². The number of anilines is 1. The molecule has 0 N–H and O–H groups in total. The fourth-order valence-corrected chi connectivity index (χ4v) is 4.30. The van der Waals surface area contributed by atoms with Gasteiger partial charge in [-0.05, 0) is 23.6 Å². The molecule has 0 fully saturated rings. The van der Waals surface area contributed by atoms with Gasteiger partial charge < -0.3 is 9.47 Å². The number of imidazole rings is 1. The first kappa shape index (κ1) is 19.6. The van der Waals surface area contributed by atoms with E-state index in [9.17, 15) is 18.0 Å². The highest BCUT2D eigenvalue weighted by molar-refractivity contribution is 7.99. The molecule has 0 spiro atoms. The van der Waals surface area contributed by atoms with Gasteiger partial charge in [0.1, 0.15) is 6.54 Å². The molecular weight excluding hydrogens is 399 g/mol. The maximum atomic E-state index is 13.2. The van der Waals surface area contributed by atoms with Crippen molar-refractivity contribution in [3.8, 4) is 11.3 Å². The van der Waals surface area contributed by atoms with Gasteiger partial charge in [-0.25, -0.2) is 4.98 Å². The monoisotopic (exact) mass is 417 g/mol. The number of rotatable bonds is 5. The van der Waals surface area contributed by atoms with Crippen LogP contribution in [0.25, 0.3) is 11.3 Å². The molecule has 150 valence electrons. The van der Waals surface area contributed by atoms with Crippen LogP contribution in [0.15, 0.2) is 66.0 Å². The largest absolute Gasteiger partial charge is 0.406 e. The highest BCUT2D eigenvalue weighted by Gasteiger charge is 2.31. The summed E-state index contributed by atoms with van der Waals surface area (Å²) < 4.78 is 40.6. The molecule has 8 heteroatoms. The van der Waals surface area contributed by atoms with Crippen LogP contribution in [0.1, 0.15) is 5.56 Å². The van der Waals surface area contributed by atoms with Crippen molar-refractivity contribution in [1.82, 2.24) is 9.55 Å². The van der Waals surface area contributed by atoms with Gasteiger partial charge in [0.2, 0.25) is 5.91 Å². The Balaban J connectivity index is 1.54. The Morgan fingerprint density at radius 3 is 2.55 bits per heavy atom. The molecule has 1 amide bonds. The molecule has 2 aromatic carbocycles. The van der Waals surface area contributed by atoms with E-state index in [1.807, 2.05) is 24.3 Å². The molecule has 3 aromatic rings. The first-order valence-corrected chi connectivity index (χ1v) is 10.1. The smallest absolute Gasteiger partial charge is 0.311 e. The highest BCUT2D eigenvalue weighted by Crippen LogP contribution is 2.32. The van der Waals surface area contributed by atoms with E-state index < -0.39 is 12.7 Å². The number of halogens is 3. The van der Waals surface area contributed by atoms with Crippen LogP contribution in [-0.4, -0.2) is 33.9 Å². The number of carbonyl (C=O) groups is 1. The zero-order chi connectivity index (χ0) is 20.4. The molecule has 0 atom stereocenters. The Bertz CT molecular complexity index is 1020. The normalized spacial score (nSPS) is 13.6. The van der Waals surface area contributed by atoms with Crippen molar-refractivity contribution in [2.24, 2.45) is 0 Å². The molecular formula is C21H18F3N3OS. The molecule has 0 unspecified atom stereocenters. The zero-order valence-corrected chi connectivity index (χ0v) is 16.2. The van der Waals surface area contributed by atoms with Gasteiger partial charge in [0, 0.05) is 12.2 Å². The van der Waals surface area contributed by atoms with E-state index in [0.717, 1.165) is 34.0 Å². The quantitative estimate of drug-likeness (QED) is 0.560. The molecule has 29 heavy (non-hydrogen) atoms. The number of alkyl halides is 3. The van der Waals surface area contributed by atoms with Crippen molar-refractivity contribution in [3.63, 3.8) is 0 Å². The highest BCUT2D eigenvalue weighted by atomic mass is 32.2. The van der Waals surface area contributed by atoms with Crippen LogP contribution >= 0.6 is 11.8 Å². The van der Waals surface area contributed by atoms with Gasteiger partial charge in [-0.15, -0.1) is 0 Å². The van der Waals surface area contributed by atoms with Crippen molar-refractivity contribution < 1.29 is 18.0 Å². The van der Waals surface area contributed by atoms with Gasteiger partial charge in [-0.2, -0.15) is 13.2 Å². The van der Waals surface area contributed by atoms with Crippen molar-refractivity contribution in [2.75, 3.05) is 17.2 Å². The van der Waals surface area contributed by atoms with Crippen LogP contribution in [0.4, 0.5) is 18.9 Å². The minimum Gasteiger partial charge on any atom is -0.311 e. The van der Waals surface area contributed by atoms with Gasteiger partial charge in [-0.3, -0.25) is 4.79 Å². The lowest BCUT2D eigenvalue weighted by Gasteiger charge is -2.18. The van der Waals surface area contributed by atoms with Gasteiger partial charge in [0.05, 0.1) is 17.6 Å². The number of aromatic nitrogens is 2. The second-order valence-electron chi connectivity index (χ2n) is 6.71. The number of thioether (sulfide) groups is 1. The molecule has 1 aromatic heterocycles. The number of nitrogens with zero attached hydrogens (tertiary/aromatic N) is 3. The van der Waals surface area contributed by atoms with E-state index >= 15 is 0 Å². The average Bonchev–Trinajstić information content (AvgIpc) is 3.30. The number of benzene rings is 2. The molecule has 2 heterocycles. The topological polar surface area (TPSA) is 38.1 Å². The van der Waals surface area contributed by atoms with Crippen LogP contribution in [0, 0.1) is 0 Å². The second-order valence-corrected chi connectivity index (χ2v) is 7.65. The summed E-state index contributed by atoms with van der Waals surface area (Å²) in [5, 5.41) is 0.182. The molecule has 4 rings (SSSR count). The molecule has 4 nitrogen and oxygen atoms in total. The Kier molecular flexibility index (Phi) is 5.36. The Hall–Kier alpha value is -2.74. The molecule has 0 bridgehead atoms. The summed E-state index contributed by atoms with van der Waals surface area (Å²) in [4.78, 5) is 18.6. The van der Waals surface area contributed by atoms with Crippen molar-refractivity contribution in [1.29, 1.82) is 0 Å². The van der Waals surface area contributed by atoms with Crippen LogP contribution in [0.2, 0.25) is 0 Å². The van der Waals surface area contributed by atoms with E-state index in [-0.39, 0.29) is 16.8 Å². The van der Waals surface area contributed by atoms with E-state index in [1.165, 1.54) is 6.20 Å². The van der Waals surface area contributed by atoms with E-state index in [0.29, 0.717) is 17.8 Å². The van der Waals surface area contributed by atoms with Gasteiger partial charge in [-0.1, -0.05) is 60.3 Å². The summed E-state index contributed by atoms with van der Waals surface area (Å²) in [5.41, 5.74) is 3.01. The third-order valence-corrected chi connectivity index (χ3v) is 5.71. The lowest BCUT2D eigenvalue weighted by Crippen LogP contribution is -2.30. The number of hydrogen-bond donors (Lipinski definition) is 0. The SMILES string of the molecule is O=C(CSc1ncc(-c2ccccc2)n1CC(F)(F)F)N1CCc2ccccc21. The molecule has 0 radical (unpaired) electrons. The Labute approximate surface area is 170 Å². The first-order chi connectivity index (χ1) is 13.9. The zero-order valence-electron chi connectivity index (χ0n) is 15.4. The molecule has 0 saturated heterocycles. The molecule has 0 saturated carbocycles. The lowest BCUT2D eigenvalue weighted by molar-refractivity contribution is -0.141. The van der Waals surface area contributed by atoms with Crippen LogP contribution < -0.4 is 4.90 Å². The maximum absolute atomic E-state index is 13.2. The minimum atomic E-state index is -4.39. The number of amides is 1. The van der Waals surface area contributed by atoms with E-state index in [4.69, 9.17) is 0 Å². The van der Waals surface area contributed by atoms with Crippen molar-refractivity contribution in [3.05, 3.63) is 66.4 Å². The number of carbonyl (C=O) groups excluding carboxylic acids is 1. The number of hydrogen-bond acceptors (Lipinski definition) is 3. The first-order valence-electron chi connectivity index (χ1n) is 9.11. The fraction of sp³-hybridized carbons (Fsp3) is 0.238. The standard InChI is InChI=1S/C21H18F3N3OS/c22-21(23,24)14-27-18(15-6-2-1-3-7-15)12-25-20(27)29-13-19(28)26-11-10-16-8-4-5-9-17(16)26/h1-9,12H,10-11,13-14H2. The van der Waals surface area contributed by atoms with Crippen LogP contribution in [0.3, 0.4) is 0 Å². The lowest BCUT2D eigenvalue weighted by atomic mass is 10.2. The van der Waals surface area contributed by atoms with Gasteiger partial charge >= 0.3 is 6.18 Å². The fourth-order valence-electron chi connectivity index (χ4n) is 3.45. The van der Waals surface area contributed by atoms with Gasteiger partial charge in [0.25, 0.3) is 0 Å².